The van der Waals surface area contributed by atoms with Gasteiger partial charge in [-0.15, -0.1) is 0 Å². The summed E-state index contributed by atoms with van der Waals surface area (Å²) < 4.78 is 12.6. The number of nitrogens with zero attached hydrogens (tertiary/aromatic N) is 3. The lowest BCUT2D eigenvalue weighted by Crippen LogP contribution is -2.35. The van der Waals surface area contributed by atoms with Crippen molar-refractivity contribution in [1.29, 1.82) is 0 Å². The first-order valence-corrected chi connectivity index (χ1v) is 8.61. The predicted molar refractivity (Wildman–Crippen MR) is 89.7 cm³/mol. The Morgan fingerprint density at radius 2 is 2.36 bits per heavy atom. The zero-order valence-electron chi connectivity index (χ0n) is 14.6. The number of amides is 1. The van der Waals surface area contributed by atoms with Crippen LogP contribution in [0.1, 0.15) is 44.4 Å². The molecule has 2 aromatic rings. The van der Waals surface area contributed by atoms with E-state index < -0.39 is 6.10 Å². The van der Waals surface area contributed by atoms with Gasteiger partial charge in [0, 0.05) is 6.54 Å². The molecule has 136 valence electrons. The molecule has 1 aliphatic heterocycles. The molecule has 8 nitrogen and oxygen atoms in total. The van der Waals surface area contributed by atoms with Crippen LogP contribution in [0.15, 0.2) is 27.6 Å². The Bertz CT molecular complexity index is 747. The highest BCUT2D eigenvalue weighted by molar-refractivity contribution is 5.76. The minimum absolute atomic E-state index is 0.0362. The van der Waals surface area contributed by atoms with Gasteiger partial charge in [0.2, 0.25) is 5.91 Å². The van der Waals surface area contributed by atoms with Gasteiger partial charge < -0.3 is 14.1 Å². The molecule has 0 aromatic carbocycles. The van der Waals surface area contributed by atoms with Crippen molar-refractivity contribution in [2.24, 2.45) is 5.92 Å². The summed E-state index contributed by atoms with van der Waals surface area (Å²) in [6.45, 7) is 6.19. The van der Waals surface area contributed by atoms with Crippen LogP contribution in [-0.2, 0) is 22.6 Å². The molecule has 1 N–H and O–H groups in total. The van der Waals surface area contributed by atoms with Crippen LogP contribution in [0.2, 0.25) is 0 Å². The van der Waals surface area contributed by atoms with Crippen LogP contribution >= 0.6 is 0 Å². The number of hydrogen-bond donors (Lipinski definition) is 1. The third kappa shape index (κ3) is 4.19. The fraction of sp³-hybridized carbons (Fsp3) is 0.588. The second-order valence-corrected chi connectivity index (χ2v) is 6.68. The molecule has 1 amide bonds. The second kappa shape index (κ2) is 7.69. The van der Waals surface area contributed by atoms with Crippen molar-refractivity contribution < 1.29 is 13.9 Å². The molecule has 0 saturated carbocycles. The van der Waals surface area contributed by atoms with Crippen LogP contribution in [0.3, 0.4) is 0 Å². The highest BCUT2D eigenvalue weighted by atomic mass is 16.5. The zero-order valence-corrected chi connectivity index (χ0v) is 14.6. The first kappa shape index (κ1) is 17.5. The summed E-state index contributed by atoms with van der Waals surface area (Å²) in [5, 5.41) is 6.44. The third-order valence-corrected chi connectivity index (χ3v) is 4.33. The lowest BCUT2D eigenvalue weighted by molar-refractivity contribution is -0.136. The number of furan rings is 1. The van der Waals surface area contributed by atoms with E-state index in [4.69, 9.17) is 9.15 Å². The average Bonchev–Trinajstić information content (AvgIpc) is 3.22. The smallest absolute Gasteiger partial charge is 0.343 e. The van der Waals surface area contributed by atoms with E-state index in [0.29, 0.717) is 38.0 Å². The minimum atomic E-state index is -0.502. The van der Waals surface area contributed by atoms with Gasteiger partial charge in [0.25, 0.3) is 0 Å². The monoisotopic (exact) mass is 348 g/mol. The van der Waals surface area contributed by atoms with Gasteiger partial charge in [0.1, 0.15) is 11.9 Å². The van der Waals surface area contributed by atoms with Crippen molar-refractivity contribution in [2.75, 3.05) is 13.2 Å². The van der Waals surface area contributed by atoms with Crippen LogP contribution in [-0.4, -0.2) is 38.7 Å². The molecule has 1 atom stereocenters. The number of carbonyl (C=O) groups is 1. The molecular weight excluding hydrogens is 324 g/mol. The summed E-state index contributed by atoms with van der Waals surface area (Å²) >= 11 is 0. The highest BCUT2D eigenvalue weighted by Crippen LogP contribution is 2.23. The quantitative estimate of drug-likeness (QED) is 0.822. The highest BCUT2D eigenvalue weighted by Gasteiger charge is 2.29. The van der Waals surface area contributed by atoms with E-state index in [-0.39, 0.29) is 18.0 Å². The molecule has 0 bridgehead atoms. The molecule has 0 spiro atoms. The van der Waals surface area contributed by atoms with Crippen LogP contribution in [0.25, 0.3) is 0 Å². The number of hydrogen-bond acceptors (Lipinski definition) is 5. The molecule has 1 unspecified atom stereocenters. The van der Waals surface area contributed by atoms with E-state index in [0.717, 1.165) is 12.2 Å². The summed E-state index contributed by atoms with van der Waals surface area (Å²) in [7, 11) is 0. The van der Waals surface area contributed by atoms with Crippen LogP contribution in [0.5, 0.6) is 0 Å². The summed E-state index contributed by atoms with van der Waals surface area (Å²) in [6.07, 6.45) is 2.17. The van der Waals surface area contributed by atoms with Crippen LogP contribution in [0.4, 0.5) is 0 Å². The Labute approximate surface area is 145 Å². The maximum atomic E-state index is 12.8. The van der Waals surface area contributed by atoms with E-state index in [1.165, 1.54) is 4.57 Å². The first-order chi connectivity index (χ1) is 12.0. The van der Waals surface area contributed by atoms with Crippen molar-refractivity contribution in [3.05, 3.63) is 40.5 Å². The summed E-state index contributed by atoms with van der Waals surface area (Å²) in [5.74, 6) is 1.70. The summed E-state index contributed by atoms with van der Waals surface area (Å²) in [6, 6.07) is 3.67. The maximum absolute atomic E-state index is 12.8. The SMILES string of the molecule is CC(C)CCN(Cc1ccco1)C(=O)CC1OCCn2c1n[nH]c2=O. The number of ether oxygens (including phenoxy) is 1. The maximum Gasteiger partial charge on any atom is 0.343 e. The Morgan fingerprint density at radius 1 is 1.52 bits per heavy atom. The van der Waals surface area contributed by atoms with Crippen molar-refractivity contribution >= 4 is 5.91 Å². The van der Waals surface area contributed by atoms with Gasteiger partial charge in [-0.2, -0.15) is 5.10 Å². The normalized spacial score (nSPS) is 16.8. The summed E-state index contributed by atoms with van der Waals surface area (Å²) in [5.41, 5.74) is -0.261. The Hall–Kier alpha value is -2.35. The molecule has 0 saturated heterocycles. The van der Waals surface area contributed by atoms with Crippen LogP contribution < -0.4 is 5.69 Å². The second-order valence-electron chi connectivity index (χ2n) is 6.68. The lowest BCUT2D eigenvalue weighted by atomic mass is 10.1. The Morgan fingerprint density at radius 3 is 3.08 bits per heavy atom. The standard InChI is InChI=1S/C17H24N4O4/c1-12(2)5-6-20(11-13-4-3-8-24-13)15(22)10-14-16-18-19-17(23)21(16)7-9-25-14/h3-4,8,12,14H,5-7,9-11H2,1-2H3,(H,19,23). The van der Waals surface area contributed by atoms with E-state index >= 15 is 0 Å². The molecule has 3 rings (SSSR count). The van der Waals surface area contributed by atoms with Crippen molar-refractivity contribution in [2.45, 2.75) is 45.9 Å². The molecule has 8 heteroatoms. The van der Waals surface area contributed by atoms with E-state index in [9.17, 15) is 9.59 Å². The van der Waals surface area contributed by atoms with Gasteiger partial charge in [-0.1, -0.05) is 13.8 Å². The first-order valence-electron chi connectivity index (χ1n) is 8.61. The van der Waals surface area contributed by atoms with E-state index in [1.54, 1.807) is 11.2 Å². The number of nitrogens with one attached hydrogen (secondary N) is 1. The topological polar surface area (TPSA) is 93.4 Å². The van der Waals surface area contributed by atoms with Crippen molar-refractivity contribution in [3.8, 4) is 0 Å². The molecule has 0 radical (unpaired) electrons. The molecule has 1 aliphatic rings. The molecule has 25 heavy (non-hydrogen) atoms. The predicted octanol–water partition coefficient (Wildman–Crippen LogP) is 1.70. The number of carbonyl (C=O) groups excluding carboxylic acids is 1. The number of aromatic nitrogens is 3. The fourth-order valence-electron chi connectivity index (χ4n) is 2.89. The summed E-state index contributed by atoms with van der Waals surface area (Å²) in [4.78, 5) is 26.3. The molecule has 0 aliphatic carbocycles. The van der Waals surface area contributed by atoms with Gasteiger partial charge in [-0.3, -0.25) is 9.36 Å². The number of aromatic amines is 1. The lowest BCUT2D eigenvalue weighted by Gasteiger charge is -2.27. The fourth-order valence-corrected chi connectivity index (χ4v) is 2.89. The largest absolute Gasteiger partial charge is 0.467 e. The minimum Gasteiger partial charge on any atom is -0.467 e. The van der Waals surface area contributed by atoms with Gasteiger partial charge in [-0.05, 0) is 24.5 Å². The Balaban J connectivity index is 1.70. The van der Waals surface area contributed by atoms with Gasteiger partial charge in [0.15, 0.2) is 5.82 Å². The molecule has 3 heterocycles. The van der Waals surface area contributed by atoms with Gasteiger partial charge in [0.05, 0.1) is 32.4 Å². The molecule has 2 aromatic heterocycles. The van der Waals surface area contributed by atoms with Gasteiger partial charge in [-0.25, -0.2) is 9.89 Å². The number of fused-ring (bicyclic) bond motifs is 1. The average molecular weight is 348 g/mol. The third-order valence-electron chi connectivity index (χ3n) is 4.33. The van der Waals surface area contributed by atoms with Crippen LogP contribution in [0, 0.1) is 5.92 Å². The van der Waals surface area contributed by atoms with Gasteiger partial charge >= 0.3 is 5.69 Å². The Kier molecular flexibility index (Phi) is 5.37. The van der Waals surface area contributed by atoms with Crippen molar-refractivity contribution in [3.63, 3.8) is 0 Å². The number of rotatable bonds is 7. The zero-order chi connectivity index (χ0) is 17.8. The number of H-pyrrole nitrogens is 1. The molecule has 0 fully saturated rings. The van der Waals surface area contributed by atoms with E-state index in [1.807, 2.05) is 12.1 Å². The molecular formula is C17H24N4O4. The van der Waals surface area contributed by atoms with Crippen molar-refractivity contribution in [1.82, 2.24) is 19.7 Å². The van der Waals surface area contributed by atoms with E-state index in [2.05, 4.69) is 24.0 Å².